The van der Waals surface area contributed by atoms with Gasteiger partial charge in [0.2, 0.25) is 11.8 Å². The van der Waals surface area contributed by atoms with Gasteiger partial charge in [-0.3, -0.25) is 14.5 Å². The van der Waals surface area contributed by atoms with Gasteiger partial charge in [-0.25, -0.2) is 0 Å². The molecule has 0 N–H and O–H groups in total. The van der Waals surface area contributed by atoms with Gasteiger partial charge in [-0.2, -0.15) is 0 Å². The normalized spacial score (nSPS) is 22.7. The van der Waals surface area contributed by atoms with E-state index in [2.05, 4.69) is 29.2 Å². The Kier molecular flexibility index (Phi) is 4.96. The minimum absolute atomic E-state index is 0.0878. The lowest BCUT2D eigenvalue weighted by Gasteiger charge is -2.35. The molecule has 2 heterocycles. The number of piperazine rings is 1. The Morgan fingerprint density at radius 2 is 1.83 bits per heavy atom. The van der Waals surface area contributed by atoms with Crippen molar-refractivity contribution < 1.29 is 9.59 Å². The zero-order valence-electron chi connectivity index (χ0n) is 13.8. The fraction of sp³-hybridized carbons (Fsp3) is 0.556. The maximum absolute atomic E-state index is 12.5. The van der Waals surface area contributed by atoms with Crippen LogP contribution in [0.25, 0.3) is 0 Å². The molecule has 0 bridgehead atoms. The third-order valence-electron chi connectivity index (χ3n) is 4.93. The average Bonchev–Trinajstić information content (AvgIpc) is 2.93. The molecule has 0 spiro atoms. The molecule has 124 valence electrons. The average molecular weight is 315 g/mol. The largest absolute Gasteiger partial charge is 0.345 e. The van der Waals surface area contributed by atoms with Crippen LogP contribution in [0.4, 0.5) is 0 Å². The van der Waals surface area contributed by atoms with Gasteiger partial charge in [0.25, 0.3) is 0 Å². The van der Waals surface area contributed by atoms with Gasteiger partial charge >= 0.3 is 0 Å². The highest BCUT2D eigenvalue weighted by molar-refractivity contribution is 5.89. The van der Waals surface area contributed by atoms with E-state index in [-0.39, 0.29) is 17.7 Å². The number of benzene rings is 1. The van der Waals surface area contributed by atoms with Crippen LogP contribution in [0.1, 0.15) is 12.0 Å². The van der Waals surface area contributed by atoms with Gasteiger partial charge in [-0.1, -0.05) is 30.3 Å². The van der Waals surface area contributed by atoms with Crippen LogP contribution in [-0.4, -0.2) is 72.8 Å². The summed E-state index contributed by atoms with van der Waals surface area (Å²) in [6, 6.07) is 10.5. The van der Waals surface area contributed by atoms with E-state index in [1.165, 1.54) is 5.56 Å². The summed E-state index contributed by atoms with van der Waals surface area (Å²) in [5.74, 6) is 0.110. The van der Waals surface area contributed by atoms with Crippen molar-refractivity contribution in [2.45, 2.75) is 12.8 Å². The second kappa shape index (κ2) is 7.13. The summed E-state index contributed by atoms with van der Waals surface area (Å²) >= 11 is 0. The minimum atomic E-state index is -0.136. The molecule has 5 nitrogen and oxygen atoms in total. The minimum Gasteiger partial charge on any atom is -0.345 e. The molecule has 2 fully saturated rings. The monoisotopic (exact) mass is 315 g/mol. The molecule has 2 aliphatic rings. The Morgan fingerprint density at radius 3 is 2.43 bits per heavy atom. The zero-order chi connectivity index (χ0) is 16.2. The number of hydrogen-bond donors (Lipinski definition) is 0. The van der Waals surface area contributed by atoms with Crippen LogP contribution in [0.5, 0.6) is 0 Å². The van der Waals surface area contributed by atoms with Crippen molar-refractivity contribution in [3.63, 3.8) is 0 Å². The summed E-state index contributed by atoms with van der Waals surface area (Å²) in [7, 11) is 1.77. The second-order valence-corrected chi connectivity index (χ2v) is 6.58. The van der Waals surface area contributed by atoms with E-state index in [4.69, 9.17) is 0 Å². The fourth-order valence-electron chi connectivity index (χ4n) is 3.41. The topological polar surface area (TPSA) is 43.9 Å². The summed E-state index contributed by atoms with van der Waals surface area (Å²) in [6.45, 7) is 5.02. The molecule has 1 atom stereocenters. The molecule has 1 aromatic rings. The number of rotatable bonds is 4. The second-order valence-electron chi connectivity index (χ2n) is 6.58. The molecule has 0 radical (unpaired) electrons. The van der Waals surface area contributed by atoms with Gasteiger partial charge in [0.1, 0.15) is 0 Å². The van der Waals surface area contributed by atoms with Crippen molar-refractivity contribution >= 4 is 11.8 Å². The molecule has 2 amide bonds. The molecule has 0 aromatic heterocycles. The number of amides is 2. The van der Waals surface area contributed by atoms with Crippen LogP contribution in [0, 0.1) is 5.92 Å². The van der Waals surface area contributed by atoms with Crippen molar-refractivity contribution in [1.29, 1.82) is 0 Å². The fourth-order valence-corrected chi connectivity index (χ4v) is 3.41. The van der Waals surface area contributed by atoms with E-state index in [1.807, 2.05) is 11.0 Å². The van der Waals surface area contributed by atoms with Crippen LogP contribution >= 0.6 is 0 Å². The Bertz CT molecular complexity index is 553. The van der Waals surface area contributed by atoms with Gasteiger partial charge in [0, 0.05) is 52.7 Å². The Labute approximate surface area is 137 Å². The first-order valence-electron chi connectivity index (χ1n) is 8.42. The quantitative estimate of drug-likeness (QED) is 0.827. The lowest BCUT2D eigenvalue weighted by atomic mass is 10.1. The highest BCUT2D eigenvalue weighted by Gasteiger charge is 2.35. The smallest absolute Gasteiger partial charge is 0.228 e. The van der Waals surface area contributed by atoms with Crippen LogP contribution < -0.4 is 0 Å². The van der Waals surface area contributed by atoms with Crippen molar-refractivity contribution in [2.75, 3.05) is 46.3 Å². The van der Waals surface area contributed by atoms with E-state index in [0.717, 1.165) is 39.1 Å². The van der Waals surface area contributed by atoms with E-state index >= 15 is 0 Å². The van der Waals surface area contributed by atoms with Gasteiger partial charge in [0.15, 0.2) is 0 Å². The standard InChI is InChI=1S/C18H25N3O2/c1-19-14-16(13-17(19)22)18(23)21-11-9-20(10-12-21)8-7-15-5-3-2-4-6-15/h2-6,16H,7-14H2,1H3/t16-/m1/s1. The lowest BCUT2D eigenvalue weighted by molar-refractivity contribution is -0.137. The molecule has 1 aromatic carbocycles. The van der Waals surface area contributed by atoms with Crippen molar-refractivity contribution in [3.05, 3.63) is 35.9 Å². The van der Waals surface area contributed by atoms with Crippen molar-refractivity contribution in [2.24, 2.45) is 5.92 Å². The molecule has 5 heteroatoms. The summed E-state index contributed by atoms with van der Waals surface area (Å²) in [6.07, 6.45) is 1.43. The summed E-state index contributed by atoms with van der Waals surface area (Å²) < 4.78 is 0. The third kappa shape index (κ3) is 3.91. The van der Waals surface area contributed by atoms with Gasteiger partial charge < -0.3 is 9.80 Å². The van der Waals surface area contributed by atoms with Gasteiger partial charge in [-0.05, 0) is 12.0 Å². The lowest BCUT2D eigenvalue weighted by Crippen LogP contribution is -2.50. The van der Waals surface area contributed by atoms with Gasteiger partial charge in [-0.15, -0.1) is 0 Å². The van der Waals surface area contributed by atoms with E-state index in [9.17, 15) is 9.59 Å². The molecule has 0 unspecified atom stereocenters. The predicted molar refractivity (Wildman–Crippen MR) is 88.9 cm³/mol. The molecule has 0 aliphatic carbocycles. The number of likely N-dealkylation sites (tertiary alicyclic amines) is 1. The maximum Gasteiger partial charge on any atom is 0.228 e. The van der Waals surface area contributed by atoms with Crippen LogP contribution in [-0.2, 0) is 16.0 Å². The summed E-state index contributed by atoms with van der Waals surface area (Å²) in [5.41, 5.74) is 1.36. The number of carbonyl (C=O) groups excluding carboxylic acids is 2. The van der Waals surface area contributed by atoms with Crippen LogP contribution in [0.15, 0.2) is 30.3 Å². The Balaban J connectivity index is 1.43. The van der Waals surface area contributed by atoms with Crippen LogP contribution in [0.3, 0.4) is 0 Å². The molecule has 0 saturated carbocycles. The number of nitrogens with zero attached hydrogens (tertiary/aromatic N) is 3. The van der Waals surface area contributed by atoms with E-state index in [0.29, 0.717) is 13.0 Å². The molecule has 3 rings (SSSR count). The first kappa shape index (κ1) is 16.0. The zero-order valence-corrected chi connectivity index (χ0v) is 13.8. The van der Waals surface area contributed by atoms with Crippen LogP contribution in [0.2, 0.25) is 0 Å². The first-order valence-corrected chi connectivity index (χ1v) is 8.42. The highest BCUT2D eigenvalue weighted by Crippen LogP contribution is 2.19. The third-order valence-corrected chi connectivity index (χ3v) is 4.93. The Morgan fingerprint density at radius 1 is 1.13 bits per heavy atom. The molecule has 23 heavy (non-hydrogen) atoms. The maximum atomic E-state index is 12.5. The Hall–Kier alpha value is -1.88. The highest BCUT2D eigenvalue weighted by atomic mass is 16.2. The summed E-state index contributed by atoms with van der Waals surface area (Å²) in [5, 5.41) is 0. The predicted octanol–water partition coefficient (Wildman–Crippen LogP) is 0.852. The number of carbonyl (C=O) groups is 2. The van der Waals surface area contributed by atoms with Crippen molar-refractivity contribution in [1.82, 2.24) is 14.7 Å². The molecule has 2 aliphatic heterocycles. The summed E-state index contributed by atoms with van der Waals surface area (Å²) in [4.78, 5) is 30.1. The van der Waals surface area contributed by atoms with E-state index in [1.54, 1.807) is 11.9 Å². The van der Waals surface area contributed by atoms with E-state index < -0.39 is 0 Å². The molecule has 2 saturated heterocycles. The molecular weight excluding hydrogens is 290 g/mol. The van der Waals surface area contributed by atoms with Gasteiger partial charge in [0.05, 0.1) is 5.92 Å². The number of hydrogen-bond acceptors (Lipinski definition) is 3. The SMILES string of the molecule is CN1C[C@H](C(=O)N2CCN(CCc3ccccc3)CC2)CC1=O. The first-order chi connectivity index (χ1) is 11.1. The molecular formula is C18H25N3O2. The van der Waals surface area contributed by atoms with Crippen molar-refractivity contribution in [3.8, 4) is 0 Å².